The summed E-state index contributed by atoms with van der Waals surface area (Å²) in [5, 5.41) is 13.7. The van der Waals surface area contributed by atoms with Crippen LogP contribution in [0.25, 0.3) is 0 Å². The van der Waals surface area contributed by atoms with Crippen molar-refractivity contribution in [3.63, 3.8) is 0 Å². The molecule has 1 aromatic heterocycles. The van der Waals surface area contributed by atoms with E-state index in [9.17, 15) is 19.7 Å². The topological polar surface area (TPSA) is 128 Å². The van der Waals surface area contributed by atoms with Crippen LogP contribution < -0.4 is 10.2 Å². The molecule has 10 nitrogen and oxygen atoms in total. The highest BCUT2D eigenvalue weighted by atomic mass is 16.6. The number of nitrogens with one attached hydrogen (secondary N) is 1. The third-order valence-corrected chi connectivity index (χ3v) is 4.71. The fourth-order valence-electron chi connectivity index (χ4n) is 3.14. The minimum absolute atomic E-state index is 0.0435. The van der Waals surface area contributed by atoms with Crippen LogP contribution in [0.4, 0.5) is 17.3 Å². The van der Waals surface area contributed by atoms with Crippen molar-refractivity contribution in [1.29, 1.82) is 0 Å². The summed E-state index contributed by atoms with van der Waals surface area (Å²) in [7, 11) is 0. The maximum Gasteiger partial charge on any atom is 0.309 e. The molecule has 0 aliphatic carbocycles. The average molecular weight is 399 g/mol. The molecule has 1 unspecified atom stereocenters. The van der Waals surface area contributed by atoms with Crippen LogP contribution in [-0.4, -0.2) is 46.0 Å². The second kappa shape index (κ2) is 9.09. The summed E-state index contributed by atoms with van der Waals surface area (Å²) in [5.74, 6) is -1.19. The number of ether oxygens (including phenoxy) is 1. The smallest absolute Gasteiger partial charge is 0.309 e. The van der Waals surface area contributed by atoms with Crippen LogP contribution in [0, 0.1) is 16.0 Å². The minimum Gasteiger partial charge on any atom is -0.452 e. The number of anilines is 2. The minimum atomic E-state index is -0.987. The molecule has 2 heterocycles. The number of nitro benzene ring substituents is 1. The third kappa shape index (κ3) is 5.03. The predicted octanol–water partition coefficient (Wildman–Crippen LogP) is 2.17. The van der Waals surface area contributed by atoms with Gasteiger partial charge in [0.15, 0.2) is 6.10 Å². The second-order valence-electron chi connectivity index (χ2n) is 6.65. The van der Waals surface area contributed by atoms with E-state index in [4.69, 9.17) is 4.74 Å². The fourth-order valence-corrected chi connectivity index (χ4v) is 3.14. The Hall–Kier alpha value is -3.56. The Bertz CT molecular complexity index is 884. The molecule has 2 aromatic rings. The highest BCUT2D eigenvalue weighted by Gasteiger charge is 2.30. The number of amides is 1. The van der Waals surface area contributed by atoms with Gasteiger partial charge in [-0.2, -0.15) is 0 Å². The van der Waals surface area contributed by atoms with Crippen LogP contribution in [0.5, 0.6) is 0 Å². The zero-order valence-electron chi connectivity index (χ0n) is 15.9. The maximum absolute atomic E-state index is 12.4. The summed E-state index contributed by atoms with van der Waals surface area (Å²) in [6, 6.07) is 8.16. The standard InChI is InChI=1S/C19H21N5O5/c1-13(17(25)22-19-20-9-4-10-21-19)29-18(26)14-7-11-23(12-8-14)15-5-2-3-6-16(15)24(27)28/h2-6,9-10,13-14H,7-8,11-12H2,1H3,(H,20,21,22,25). The molecule has 1 aliphatic heterocycles. The van der Waals surface area contributed by atoms with Gasteiger partial charge in [0.1, 0.15) is 5.69 Å². The third-order valence-electron chi connectivity index (χ3n) is 4.71. The van der Waals surface area contributed by atoms with Crippen molar-refractivity contribution in [2.45, 2.75) is 25.9 Å². The summed E-state index contributed by atoms with van der Waals surface area (Å²) in [5.41, 5.74) is 0.585. The molecule has 10 heteroatoms. The Morgan fingerprint density at radius 3 is 2.52 bits per heavy atom. The molecule has 1 N–H and O–H groups in total. The van der Waals surface area contributed by atoms with Crippen LogP contribution in [0.1, 0.15) is 19.8 Å². The Balaban J connectivity index is 1.52. The molecule has 1 fully saturated rings. The number of piperidine rings is 1. The van der Waals surface area contributed by atoms with E-state index in [0.717, 1.165) is 0 Å². The first-order valence-corrected chi connectivity index (χ1v) is 9.22. The van der Waals surface area contributed by atoms with E-state index in [0.29, 0.717) is 31.6 Å². The van der Waals surface area contributed by atoms with Gasteiger partial charge in [-0.25, -0.2) is 9.97 Å². The molecule has 3 rings (SSSR count). The largest absolute Gasteiger partial charge is 0.452 e. The second-order valence-corrected chi connectivity index (χ2v) is 6.65. The predicted molar refractivity (Wildman–Crippen MR) is 104 cm³/mol. The van der Waals surface area contributed by atoms with E-state index >= 15 is 0 Å². The lowest BCUT2D eigenvalue weighted by Crippen LogP contribution is -2.39. The monoisotopic (exact) mass is 399 g/mol. The van der Waals surface area contributed by atoms with E-state index in [2.05, 4.69) is 15.3 Å². The summed E-state index contributed by atoms with van der Waals surface area (Å²) in [4.78, 5) is 45.0. The summed E-state index contributed by atoms with van der Waals surface area (Å²) in [6.07, 6.45) is 2.97. The Morgan fingerprint density at radius 1 is 1.21 bits per heavy atom. The van der Waals surface area contributed by atoms with Gasteiger partial charge >= 0.3 is 5.97 Å². The summed E-state index contributed by atoms with van der Waals surface area (Å²) in [6.45, 7) is 2.46. The number of nitro groups is 1. The van der Waals surface area contributed by atoms with Crippen LogP contribution in [0.15, 0.2) is 42.7 Å². The molecule has 0 bridgehead atoms. The Morgan fingerprint density at radius 2 is 1.86 bits per heavy atom. The number of aromatic nitrogens is 2. The Kier molecular flexibility index (Phi) is 6.32. The van der Waals surface area contributed by atoms with E-state index in [1.165, 1.54) is 25.4 Å². The average Bonchev–Trinajstić information content (AvgIpc) is 2.74. The van der Waals surface area contributed by atoms with Gasteiger partial charge in [-0.05, 0) is 31.9 Å². The molecular formula is C19H21N5O5. The molecule has 29 heavy (non-hydrogen) atoms. The molecule has 0 spiro atoms. The SMILES string of the molecule is CC(OC(=O)C1CCN(c2ccccc2[N+](=O)[O-])CC1)C(=O)Nc1ncccn1. The maximum atomic E-state index is 12.4. The van der Waals surface area contributed by atoms with Crippen molar-refractivity contribution in [3.05, 3.63) is 52.8 Å². The van der Waals surface area contributed by atoms with E-state index in [-0.39, 0.29) is 17.6 Å². The molecule has 152 valence electrons. The number of benzene rings is 1. The van der Waals surface area contributed by atoms with Crippen molar-refractivity contribution in [3.8, 4) is 0 Å². The van der Waals surface area contributed by atoms with Gasteiger partial charge < -0.3 is 9.64 Å². The molecular weight excluding hydrogens is 378 g/mol. The lowest BCUT2D eigenvalue weighted by Gasteiger charge is -2.32. The van der Waals surface area contributed by atoms with Crippen LogP contribution in [0.2, 0.25) is 0 Å². The summed E-state index contributed by atoms with van der Waals surface area (Å²) >= 11 is 0. The van der Waals surface area contributed by atoms with E-state index < -0.39 is 22.9 Å². The van der Waals surface area contributed by atoms with Crippen molar-refractivity contribution in [2.75, 3.05) is 23.3 Å². The van der Waals surface area contributed by atoms with Gasteiger partial charge in [0.25, 0.3) is 11.6 Å². The summed E-state index contributed by atoms with van der Waals surface area (Å²) < 4.78 is 5.29. The number of nitrogens with zero attached hydrogens (tertiary/aromatic N) is 4. The highest BCUT2D eigenvalue weighted by Crippen LogP contribution is 2.31. The zero-order chi connectivity index (χ0) is 20.8. The molecule has 0 radical (unpaired) electrons. The van der Waals surface area contributed by atoms with Gasteiger partial charge in [-0.1, -0.05) is 12.1 Å². The van der Waals surface area contributed by atoms with Gasteiger partial charge in [-0.15, -0.1) is 0 Å². The van der Waals surface area contributed by atoms with Crippen LogP contribution in [-0.2, 0) is 14.3 Å². The Labute approximate surface area is 167 Å². The number of hydrogen-bond acceptors (Lipinski definition) is 8. The highest BCUT2D eigenvalue weighted by molar-refractivity contribution is 5.93. The number of esters is 1. The number of hydrogen-bond donors (Lipinski definition) is 1. The number of carbonyl (C=O) groups excluding carboxylic acids is 2. The molecule has 0 saturated carbocycles. The molecule has 1 aromatic carbocycles. The van der Waals surface area contributed by atoms with Crippen molar-refractivity contribution in [1.82, 2.24) is 9.97 Å². The molecule has 1 atom stereocenters. The number of carbonyl (C=O) groups is 2. The van der Waals surface area contributed by atoms with Crippen molar-refractivity contribution < 1.29 is 19.2 Å². The first-order chi connectivity index (χ1) is 14.0. The fraction of sp³-hybridized carbons (Fsp3) is 0.368. The van der Waals surface area contributed by atoms with Gasteiger partial charge in [0.05, 0.1) is 10.8 Å². The quantitative estimate of drug-likeness (QED) is 0.445. The van der Waals surface area contributed by atoms with Gasteiger partial charge in [-0.3, -0.25) is 25.0 Å². The molecule has 1 saturated heterocycles. The lowest BCUT2D eigenvalue weighted by atomic mass is 9.96. The lowest BCUT2D eigenvalue weighted by molar-refractivity contribution is -0.384. The first-order valence-electron chi connectivity index (χ1n) is 9.22. The number of rotatable bonds is 6. The zero-order valence-corrected chi connectivity index (χ0v) is 15.9. The van der Waals surface area contributed by atoms with Gasteiger partial charge in [0.2, 0.25) is 5.95 Å². The first kappa shape index (κ1) is 20.2. The van der Waals surface area contributed by atoms with E-state index in [1.807, 2.05) is 4.90 Å². The van der Waals surface area contributed by atoms with E-state index in [1.54, 1.807) is 24.3 Å². The molecule has 1 amide bonds. The van der Waals surface area contributed by atoms with Crippen LogP contribution in [0.3, 0.4) is 0 Å². The van der Waals surface area contributed by atoms with Gasteiger partial charge in [0, 0.05) is 31.5 Å². The number of para-hydroxylation sites is 2. The van der Waals surface area contributed by atoms with Crippen LogP contribution >= 0.6 is 0 Å². The van der Waals surface area contributed by atoms with Crippen molar-refractivity contribution in [2.24, 2.45) is 5.92 Å². The van der Waals surface area contributed by atoms with Crippen molar-refractivity contribution >= 4 is 29.2 Å². The normalized spacial score (nSPS) is 15.4. The molecule has 1 aliphatic rings.